The van der Waals surface area contributed by atoms with Crippen LogP contribution in [0, 0.1) is 17.8 Å². The highest BCUT2D eigenvalue weighted by atomic mass is 16.5. The fourth-order valence-corrected chi connectivity index (χ4v) is 5.18. The van der Waals surface area contributed by atoms with Crippen LogP contribution in [-0.2, 0) is 11.3 Å². The number of hydrogen-bond donors (Lipinski definition) is 0. The quantitative estimate of drug-likeness (QED) is 0.572. The average molecular weight is 401 g/mol. The van der Waals surface area contributed by atoms with Crippen LogP contribution in [0.2, 0.25) is 0 Å². The van der Waals surface area contributed by atoms with Crippen LogP contribution in [0.4, 0.5) is 0 Å². The molecule has 1 aliphatic carbocycles. The Morgan fingerprint density at radius 2 is 1.62 bits per heavy atom. The molecule has 0 bridgehead atoms. The highest BCUT2D eigenvalue weighted by molar-refractivity contribution is 5.28. The van der Waals surface area contributed by atoms with Crippen LogP contribution in [0.25, 0.3) is 0 Å². The summed E-state index contributed by atoms with van der Waals surface area (Å²) in [6.07, 6.45) is 5.39. The molecule has 3 aliphatic rings. The molecule has 162 valence electrons. The summed E-state index contributed by atoms with van der Waals surface area (Å²) in [5, 5.41) is 0. The molecule has 29 heavy (non-hydrogen) atoms. The number of piperidine rings is 2. The molecular weight excluding hydrogens is 360 g/mol. The van der Waals surface area contributed by atoms with E-state index in [4.69, 9.17) is 9.47 Å². The lowest BCUT2D eigenvalue weighted by Gasteiger charge is -2.26. The van der Waals surface area contributed by atoms with Gasteiger partial charge in [-0.05, 0) is 88.6 Å². The molecular formula is C25H40N2O2. The number of hydrogen-bond acceptors (Lipinski definition) is 4. The smallest absolute Gasteiger partial charge is 0.120 e. The molecule has 2 heterocycles. The van der Waals surface area contributed by atoms with E-state index in [0.717, 1.165) is 43.3 Å². The monoisotopic (exact) mass is 400 g/mol. The van der Waals surface area contributed by atoms with Crippen LogP contribution in [0.5, 0.6) is 5.75 Å². The van der Waals surface area contributed by atoms with Gasteiger partial charge in [0.15, 0.2) is 0 Å². The largest absolute Gasteiger partial charge is 0.488 e. The number of benzene rings is 1. The topological polar surface area (TPSA) is 24.9 Å². The van der Waals surface area contributed by atoms with Gasteiger partial charge in [0.1, 0.15) is 11.4 Å². The van der Waals surface area contributed by atoms with Gasteiger partial charge in [-0.15, -0.1) is 0 Å². The van der Waals surface area contributed by atoms with E-state index in [9.17, 15) is 0 Å². The lowest BCUT2D eigenvalue weighted by atomic mass is 10.1. The molecule has 4 heteroatoms. The Bertz CT molecular complexity index is 621. The van der Waals surface area contributed by atoms with Crippen LogP contribution in [0.3, 0.4) is 0 Å². The van der Waals surface area contributed by atoms with Crippen molar-refractivity contribution in [1.82, 2.24) is 9.80 Å². The first-order chi connectivity index (χ1) is 14.0. The summed E-state index contributed by atoms with van der Waals surface area (Å²) in [5.41, 5.74) is 1.25. The van der Waals surface area contributed by atoms with E-state index >= 15 is 0 Å². The molecule has 0 unspecified atom stereocenters. The second kappa shape index (κ2) is 9.36. The van der Waals surface area contributed by atoms with Crippen LogP contribution < -0.4 is 4.74 Å². The van der Waals surface area contributed by atoms with E-state index in [1.807, 2.05) is 0 Å². The van der Waals surface area contributed by atoms with E-state index < -0.39 is 0 Å². The van der Waals surface area contributed by atoms with Crippen molar-refractivity contribution in [1.29, 1.82) is 0 Å². The maximum Gasteiger partial charge on any atom is 0.120 e. The summed E-state index contributed by atoms with van der Waals surface area (Å²) >= 11 is 0. The predicted octanol–water partition coefficient (Wildman–Crippen LogP) is 4.43. The molecule has 2 saturated heterocycles. The van der Waals surface area contributed by atoms with Crippen LogP contribution in [-0.4, -0.2) is 61.3 Å². The molecule has 3 fully saturated rings. The molecule has 0 N–H and O–H groups in total. The van der Waals surface area contributed by atoms with Gasteiger partial charge in [-0.25, -0.2) is 0 Å². The minimum Gasteiger partial charge on any atom is -0.488 e. The van der Waals surface area contributed by atoms with Gasteiger partial charge >= 0.3 is 0 Å². The number of nitrogens with zero attached hydrogens (tertiary/aromatic N) is 2. The summed E-state index contributed by atoms with van der Waals surface area (Å²) in [6, 6.07) is 8.65. The van der Waals surface area contributed by atoms with Gasteiger partial charge < -0.3 is 14.4 Å². The van der Waals surface area contributed by atoms with E-state index in [1.165, 1.54) is 64.0 Å². The third kappa shape index (κ3) is 6.19. The molecule has 1 aromatic rings. The molecule has 0 radical (unpaired) electrons. The highest BCUT2D eigenvalue weighted by Crippen LogP contribution is 2.52. The third-order valence-electron chi connectivity index (χ3n) is 6.72. The second-order valence-corrected chi connectivity index (χ2v) is 10.4. The second-order valence-electron chi connectivity index (χ2n) is 10.4. The van der Waals surface area contributed by atoms with E-state index in [-0.39, 0.29) is 5.60 Å². The molecule has 0 aromatic heterocycles. The molecule has 0 amide bonds. The Labute approximate surface area is 177 Å². The number of rotatable bonds is 9. The van der Waals surface area contributed by atoms with Crippen LogP contribution in [0.15, 0.2) is 24.3 Å². The Kier molecular flexibility index (Phi) is 6.83. The van der Waals surface area contributed by atoms with Crippen LogP contribution >= 0.6 is 0 Å². The van der Waals surface area contributed by atoms with E-state index in [0.29, 0.717) is 0 Å². The third-order valence-corrected chi connectivity index (χ3v) is 6.72. The summed E-state index contributed by atoms with van der Waals surface area (Å²) in [4.78, 5) is 5.22. The summed E-state index contributed by atoms with van der Waals surface area (Å²) in [5.74, 6) is 3.54. The Morgan fingerprint density at radius 3 is 2.28 bits per heavy atom. The van der Waals surface area contributed by atoms with Gasteiger partial charge in [-0.2, -0.15) is 0 Å². The van der Waals surface area contributed by atoms with Crippen molar-refractivity contribution in [3.63, 3.8) is 0 Å². The van der Waals surface area contributed by atoms with Gasteiger partial charge in [-0.3, -0.25) is 4.90 Å². The Morgan fingerprint density at radius 1 is 0.931 bits per heavy atom. The summed E-state index contributed by atoms with van der Waals surface area (Å²) in [6.45, 7) is 15.6. The van der Waals surface area contributed by atoms with E-state index in [1.54, 1.807) is 0 Å². The summed E-state index contributed by atoms with van der Waals surface area (Å²) < 4.78 is 12.0. The molecule has 1 saturated carbocycles. The summed E-state index contributed by atoms with van der Waals surface area (Å²) in [7, 11) is 0. The van der Waals surface area contributed by atoms with Crippen molar-refractivity contribution in [3.05, 3.63) is 29.8 Å². The highest BCUT2D eigenvalue weighted by Gasteiger charge is 2.55. The molecule has 0 spiro atoms. The minimum absolute atomic E-state index is 0.137. The normalized spacial score (nSPS) is 27.8. The SMILES string of the molecule is CC(C)(C)Oc1ccc(CN2C[C@@H]3[C@H](COCCCN4CCCCC4)[C@@H]3C2)cc1. The number of fused-ring (bicyclic) bond motifs is 1. The molecule has 2 aliphatic heterocycles. The van der Waals surface area contributed by atoms with Crippen LogP contribution in [0.1, 0.15) is 52.0 Å². The van der Waals surface area contributed by atoms with Gasteiger partial charge in [-0.1, -0.05) is 18.6 Å². The fourth-order valence-electron chi connectivity index (χ4n) is 5.18. The van der Waals surface area contributed by atoms with Crippen molar-refractivity contribution < 1.29 is 9.47 Å². The first kappa shape index (κ1) is 21.1. The lowest BCUT2D eigenvalue weighted by Crippen LogP contribution is -2.31. The molecule has 1 aromatic carbocycles. The Hall–Kier alpha value is -1.10. The lowest BCUT2D eigenvalue weighted by molar-refractivity contribution is 0.0967. The zero-order valence-corrected chi connectivity index (χ0v) is 18.7. The van der Waals surface area contributed by atoms with Crippen molar-refractivity contribution in [2.75, 3.05) is 45.9 Å². The van der Waals surface area contributed by atoms with Gasteiger partial charge in [0.05, 0.1) is 6.61 Å². The van der Waals surface area contributed by atoms with Crippen molar-refractivity contribution >= 4 is 0 Å². The van der Waals surface area contributed by atoms with Crippen molar-refractivity contribution in [2.24, 2.45) is 17.8 Å². The van der Waals surface area contributed by atoms with Gasteiger partial charge in [0, 0.05) is 32.8 Å². The average Bonchev–Trinajstić information content (AvgIpc) is 3.14. The predicted molar refractivity (Wildman–Crippen MR) is 118 cm³/mol. The minimum atomic E-state index is -0.137. The first-order valence-electron chi connectivity index (χ1n) is 11.8. The zero-order valence-electron chi connectivity index (χ0n) is 18.7. The zero-order chi connectivity index (χ0) is 20.3. The van der Waals surface area contributed by atoms with Crippen molar-refractivity contribution in [2.45, 2.75) is 58.6 Å². The standard InChI is InChI=1S/C25H40N2O2/c1-25(2,3)29-21-10-8-20(9-11-21)16-27-17-22-23(18-27)24(22)19-28-15-7-14-26-12-5-4-6-13-26/h8-11,22-24H,4-7,12-19H2,1-3H3/t22-,23+,24-. The maximum atomic E-state index is 6.03. The first-order valence-corrected chi connectivity index (χ1v) is 11.8. The maximum absolute atomic E-state index is 6.03. The Balaban J connectivity index is 1.08. The molecule has 4 rings (SSSR count). The molecule has 4 nitrogen and oxygen atoms in total. The van der Waals surface area contributed by atoms with Gasteiger partial charge in [0.2, 0.25) is 0 Å². The number of likely N-dealkylation sites (tertiary alicyclic amines) is 2. The van der Waals surface area contributed by atoms with E-state index in [2.05, 4.69) is 54.8 Å². The fraction of sp³-hybridized carbons (Fsp3) is 0.760. The van der Waals surface area contributed by atoms with Crippen molar-refractivity contribution in [3.8, 4) is 5.75 Å². The molecule has 3 atom stereocenters. The van der Waals surface area contributed by atoms with Gasteiger partial charge in [0.25, 0.3) is 0 Å². The number of ether oxygens (including phenoxy) is 2.